The smallest absolute Gasteiger partial charge is 0.0366 e. The second kappa shape index (κ2) is 6.62. The molecule has 2 heteroatoms. The van der Waals surface area contributed by atoms with E-state index >= 15 is 0 Å². The highest BCUT2D eigenvalue weighted by Gasteiger charge is 2.25. The molecule has 2 aliphatic rings. The van der Waals surface area contributed by atoms with E-state index in [9.17, 15) is 0 Å². The summed E-state index contributed by atoms with van der Waals surface area (Å²) in [6.45, 7) is 12.0. The number of nitrogens with zero attached hydrogens (tertiary/aromatic N) is 2. The van der Waals surface area contributed by atoms with Crippen LogP contribution in [0.3, 0.4) is 0 Å². The lowest BCUT2D eigenvalue weighted by molar-refractivity contribution is 0.141. The maximum atomic E-state index is 2.75. The van der Waals surface area contributed by atoms with Crippen molar-refractivity contribution in [3.8, 4) is 0 Å². The summed E-state index contributed by atoms with van der Waals surface area (Å²) in [4.78, 5) is 5.33. The highest BCUT2D eigenvalue weighted by Crippen LogP contribution is 2.28. The Hall–Kier alpha value is -1.02. The van der Waals surface area contributed by atoms with Crippen LogP contribution in [0.4, 0.5) is 5.69 Å². The number of likely N-dealkylation sites (tertiary alicyclic amines) is 1. The number of piperidine rings is 2. The van der Waals surface area contributed by atoms with Crippen molar-refractivity contribution in [1.29, 1.82) is 0 Å². The molecule has 0 aromatic heterocycles. The van der Waals surface area contributed by atoms with Gasteiger partial charge in [-0.05, 0) is 61.9 Å². The highest BCUT2D eigenvalue weighted by atomic mass is 15.2. The van der Waals surface area contributed by atoms with Gasteiger partial charge in [0.2, 0.25) is 0 Å². The molecular formula is C20H32N2. The molecule has 0 unspecified atom stereocenters. The number of hydrogen-bond donors (Lipinski definition) is 0. The van der Waals surface area contributed by atoms with Crippen molar-refractivity contribution in [1.82, 2.24) is 4.90 Å². The summed E-state index contributed by atoms with van der Waals surface area (Å²) in [5, 5.41) is 0. The third kappa shape index (κ3) is 3.65. The van der Waals surface area contributed by atoms with Crippen molar-refractivity contribution in [2.24, 2.45) is 0 Å². The summed E-state index contributed by atoms with van der Waals surface area (Å²) in [5.74, 6) is 0. The Labute approximate surface area is 136 Å². The van der Waals surface area contributed by atoms with Crippen LogP contribution < -0.4 is 4.90 Å². The van der Waals surface area contributed by atoms with E-state index in [-0.39, 0.29) is 5.41 Å². The third-order valence-corrected chi connectivity index (χ3v) is 5.47. The van der Waals surface area contributed by atoms with Gasteiger partial charge in [0.05, 0.1) is 0 Å². The van der Waals surface area contributed by atoms with Gasteiger partial charge in [-0.3, -0.25) is 0 Å². The van der Waals surface area contributed by atoms with E-state index in [1.807, 2.05) is 0 Å². The van der Waals surface area contributed by atoms with E-state index in [0.29, 0.717) is 0 Å². The van der Waals surface area contributed by atoms with E-state index in [0.717, 1.165) is 6.04 Å². The molecule has 3 rings (SSSR count). The molecule has 0 saturated carbocycles. The topological polar surface area (TPSA) is 6.48 Å². The lowest BCUT2D eigenvalue weighted by Crippen LogP contribution is -2.46. The molecule has 122 valence electrons. The molecule has 1 aromatic rings. The van der Waals surface area contributed by atoms with Gasteiger partial charge in [0.1, 0.15) is 0 Å². The minimum absolute atomic E-state index is 0.250. The predicted octanol–water partition coefficient (Wildman–Crippen LogP) is 4.44. The first-order valence-electron chi connectivity index (χ1n) is 9.13. The summed E-state index contributed by atoms with van der Waals surface area (Å²) >= 11 is 0. The fourth-order valence-electron chi connectivity index (χ4n) is 3.94. The van der Waals surface area contributed by atoms with Gasteiger partial charge in [-0.15, -0.1) is 0 Å². The second-order valence-electron chi connectivity index (χ2n) is 8.11. The van der Waals surface area contributed by atoms with Crippen LogP contribution in [-0.2, 0) is 5.41 Å². The Morgan fingerprint density at radius 2 is 1.41 bits per heavy atom. The summed E-state index contributed by atoms with van der Waals surface area (Å²) in [6.07, 6.45) is 6.93. The predicted molar refractivity (Wildman–Crippen MR) is 95.8 cm³/mol. The van der Waals surface area contributed by atoms with Gasteiger partial charge >= 0.3 is 0 Å². The van der Waals surface area contributed by atoms with E-state index in [1.54, 1.807) is 0 Å². The van der Waals surface area contributed by atoms with Crippen molar-refractivity contribution < 1.29 is 0 Å². The molecule has 1 aromatic carbocycles. The average Bonchev–Trinajstić information content (AvgIpc) is 2.55. The molecule has 0 bridgehead atoms. The first kappa shape index (κ1) is 15.9. The van der Waals surface area contributed by atoms with E-state index in [2.05, 4.69) is 54.8 Å². The molecule has 0 spiro atoms. The Morgan fingerprint density at radius 3 is 1.95 bits per heavy atom. The van der Waals surface area contributed by atoms with Gasteiger partial charge in [0.25, 0.3) is 0 Å². The van der Waals surface area contributed by atoms with Crippen LogP contribution >= 0.6 is 0 Å². The van der Waals surface area contributed by atoms with Crippen molar-refractivity contribution in [2.75, 3.05) is 31.1 Å². The maximum absolute atomic E-state index is 2.75. The molecule has 2 saturated heterocycles. The zero-order valence-electron chi connectivity index (χ0n) is 14.6. The lowest BCUT2D eigenvalue weighted by Gasteiger charge is -2.41. The fourth-order valence-corrected chi connectivity index (χ4v) is 3.94. The van der Waals surface area contributed by atoms with E-state index < -0.39 is 0 Å². The van der Waals surface area contributed by atoms with Crippen molar-refractivity contribution >= 4 is 5.69 Å². The molecule has 2 fully saturated rings. The van der Waals surface area contributed by atoms with Crippen molar-refractivity contribution in [2.45, 2.75) is 64.3 Å². The van der Waals surface area contributed by atoms with Crippen LogP contribution in [0.1, 0.15) is 58.4 Å². The first-order valence-corrected chi connectivity index (χ1v) is 9.13. The van der Waals surface area contributed by atoms with Crippen LogP contribution in [0.5, 0.6) is 0 Å². The number of hydrogen-bond acceptors (Lipinski definition) is 2. The van der Waals surface area contributed by atoms with E-state index in [4.69, 9.17) is 0 Å². The molecule has 2 aliphatic heterocycles. The minimum atomic E-state index is 0.250. The van der Waals surface area contributed by atoms with E-state index in [1.165, 1.54) is 69.5 Å². The molecule has 2 heterocycles. The van der Waals surface area contributed by atoms with Gasteiger partial charge in [-0.25, -0.2) is 0 Å². The largest absolute Gasteiger partial charge is 0.371 e. The van der Waals surface area contributed by atoms with Crippen molar-refractivity contribution in [3.05, 3.63) is 29.8 Å². The van der Waals surface area contributed by atoms with Gasteiger partial charge in [0, 0.05) is 24.8 Å². The summed E-state index contributed by atoms with van der Waals surface area (Å²) in [5.41, 5.74) is 3.09. The second-order valence-corrected chi connectivity index (χ2v) is 8.11. The molecule has 2 nitrogen and oxygen atoms in total. The SMILES string of the molecule is CC(C)(C)c1ccc(N2CCC(N3CCCCC3)CC2)cc1. The standard InChI is InChI=1S/C20H32N2/c1-20(2,3)17-7-9-18(10-8-17)22-15-11-19(12-16-22)21-13-5-4-6-14-21/h7-10,19H,4-6,11-16H2,1-3H3. The minimum Gasteiger partial charge on any atom is -0.371 e. The third-order valence-electron chi connectivity index (χ3n) is 5.47. The Balaban J connectivity index is 1.57. The monoisotopic (exact) mass is 300 g/mol. The summed E-state index contributed by atoms with van der Waals surface area (Å²) in [6, 6.07) is 10.1. The number of rotatable bonds is 2. The zero-order valence-corrected chi connectivity index (χ0v) is 14.6. The van der Waals surface area contributed by atoms with Gasteiger partial charge in [0.15, 0.2) is 0 Å². The van der Waals surface area contributed by atoms with Crippen LogP contribution in [0.25, 0.3) is 0 Å². The van der Waals surface area contributed by atoms with Crippen molar-refractivity contribution in [3.63, 3.8) is 0 Å². The molecule has 22 heavy (non-hydrogen) atoms. The molecule has 0 aliphatic carbocycles. The average molecular weight is 300 g/mol. The first-order chi connectivity index (χ1) is 10.5. The highest BCUT2D eigenvalue weighted by molar-refractivity contribution is 5.49. The van der Waals surface area contributed by atoms with Crippen LogP contribution in [0.2, 0.25) is 0 Å². The fraction of sp³-hybridized carbons (Fsp3) is 0.700. The Kier molecular flexibility index (Phi) is 4.77. The number of benzene rings is 1. The molecule has 0 atom stereocenters. The zero-order chi connectivity index (χ0) is 15.6. The van der Waals surface area contributed by atoms with Crippen LogP contribution in [-0.4, -0.2) is 37.1 Å². The molecule has 0 amide bonds. The summed E-state index contributed by atoms with van der Waals surface area (Å²) < 4.78 is 0. The molecular weight excluding hydrogens is 268 g/mol. The lowest BCUT2D eigenvalue weighted by atomic mass is 9.87. The van der Waals surface area contributed by atoms with Crippen LogP contribution in [0, 0.1) is 0 Å². The van der Waals surface area contributed by atoms with Gasteiger partial charge < -0.3 is 9.80 Å². The normalized spacial score (nSPS) is 22.0. The summed E-state index contributed by atoms with van der Waals surface area (Å²) in [7, 11) is 0. The molecule has 0 radical (unpaired) electrons. The quantitative estimate of drug-likeness (QED) is 0.797. The molecule has 0 N–H and O–H groups in total. The van der Waals surface area contributed by atoms with Gasteiger partial charge in [-0.2, -0.15) is 0 Å². The Bertz CT molecular complexity index is 457. The number of anilines is 1. The Morgan fingerprint density at radius 1 is 0.818 bits per heavy atom. The van der Waals surface area contributed by atoms with Gasteiger partial charge in [-0.1, -0.05) is 39.3 Å². The maximum Gasteiger partial charge on any atom is 0.0366 e. The van der Waals surface area contributed by atoms with Crippen LogP contribution in [0.15, 0.2) is 24.3 Å².